The average Bonchev–Trinajstić information content (AvgIpc) is 2.12. The van der Waals surface area contributed by atoms with Crippen molar-refractivity contribution in [3.8, 4) is 0 Å². The van der Waals surface area contributed by atoms with E-state index < -0.39 is 0 Å². The highest BCUT2D eigenvalue weighted by Crippen LogP contribution is 2.30. The molecule has 13 heavy (non-hydrogen) atoms. The number of halogens is 2. The van der Waals surface area contributed by atoms with Crippen LogP contribution in [0.2, 0.25) is 0 Å². The van der Waals surface area contributed by atoms with E-state index in [1.807, 2.05) is 0 Å². The third-order valence-corrected chi connectivity index (χ3v) is 3.76. The maximum absolute atomic E-state index is 3.54. The van der Waals surface area contributed by atoms with Gasteiger partial charge in [-0.2, -0.15) is 0 Å². The van der Waals surface area contributed by atoms with Crippen molar-refractivity contribution in [3.05, 3.63) is 44.8 Å². The molecule has 2 aromatic carbocycles. The molecule has 2 heteroatoms. The summed E-state index contributed by atoms with van der Waals surface area (Å²) in [6, 6.07) is 10.5. The van der Waals surface area contributed by atoms with Crippen LogP contribution in [0, 0.1) is 6.92 Å². The number of benzene rings is 2. The Kier molecular flexibility index (Phi) is 2.43. The lowest BCUT2D eigenvalue weighted by Crippen LogP contribution is -1.80. The van der Waals surface area contributed by atoms with Gasteiger partial charge < -0.3 is 0 Å². The van der Waals surface area contributed by atoms with Crippen LogP contribution in [-0.4, -0.2) is 0 Å². The smallest absolute Gasteiger partial charge is 0.0253 e. The van der Waals surface area contributed by atoms with Crippen LogP contribution in [0.25, 0.3) is 10.8 Å². The van der Waals surface area contributed by atoms with Crippen LogP contribution < -0.4 is 0 Å². The fourth-order valence-corrected chi connectivity index (χ4v) is 2.29. The summed E-state index contributed by atoms with van der Waals surface area (Å²) >= 11 is 7.07. The zero-order valence-corrected chi connectivity index (χ0v) is 10.3. The quantitative estimate of drug-likeness (QED) is 0.663. The molecule has 0 saturated heterocycles. The number of hydrogen-bond donors (Lipinski definition) is 0. The van der Waals surface area contributed by atoms with Crippen molar-refractivity contribution < 1.29 is 0 Å². The Balaban J connectivity index is 2.94. The Hall–Kier alpha value is -0.340. The van der Waals surface area contributed by atoms with Crippen LogP contribution in [-0.2, 0) is 0 Å². The first-order valence-corrected chi connectivity index (χ1v) is 5.62. The van der Waals surface area contributed by atoms with Crippen LogP contribution in [0.3, 0.4) is 0 Å². The molecule has 0 bridgehead atoms. The van der Waals surface area contributed by atoms with Crippen LogP contribution in [0.15, 0.2) is 39.3 Å². The van der Waals surface area contributed by atoms with Gasteiger partial charge in [0.25, 0.3) is 0 Å². The molecule has 0 aliphatic carbocycles. The van der Waals surface area contributed by atoms with E-state index in [9.17, 15) is 0 Å². The van der Waals surface area contributed by atoms with E-state index in [1.165, 1.54) is 16.3 Å². The van der Waals surface area contributed by atoms with Crippen molar-refractivity contribution in [3.63, 3.8) is 0 Å². The fraction of sp³-hybridized carbons (Fsp3) is 0.0909. The summed E-state index contributed by atoms with van der Waals surface area (Å²) in [6.07, 6.45) is 0. The second kappa shape index (κ2) is 3.43. The van der Waals surface area contributed by atoms with Gasteiger partial charge >= 0.3 is 0 Å². The Morgan fingerprint density at radius 1 is 0.846 bits per heavy atom. The molecule has 2 rings (SSSR count). The maximum Gasteiger partial charge on any atom is 0.0253 e. The molecule has 0 heterocycles. The molecule has 0 spiro atoms. The first kappa shape index (κ1) is 9.22. The lowest BCUT2D eigenvalue weighted by Gasteiger charge is -2.05. The highest BCUT2D eigenvalue weighted by molar-refractivity contribution is 9.11. The van der Waals surface area contributed by atoms with Crippen molar-refractivity contribution in [2.75, 3.05) is 0 Å². The van der Waals surface area contributed by atoms with Crippen LogP contribution in [0.1, 0.15) is 5.56 Å². The predicted octanol–water partition coefficient (Wildman–Crippen LogP) is 4.67. The van der Waals surface area contributed by atoms with Gasteiger partial charge in [-0.1, -0.05) is 50.1 Å². The minimum absolute atomic E-state index is 1.15. The van der Waals surface area contributed by atoms with Crippen LogP contribution >= 0.6 is 31.9 Å². The fourth-order valence-electron chi connectivity index (χ4n) is 1.44. The molecule has 0 aliphatic rings. The number of hydrogen-bond acceptors (Lipinski definition) is 0. The molecule has 0 atom stereocenters. The molecule has 0 aromatic heterocycles. The lowest BCUT2D eigenvalue weighted by atomic mass is 10.1. The number of rotatable bonds is 0. The van der Waals surface area contributed by atoms with Gasteiger partial charge in [0.05, 0.1) is 0 Å². The first-order chi connectivity index (χ1) is 6.20. The Morgan fingerprint density at radius 3 is 2.38 bits per heavy atom. The Morgan fingerprint density at radius 2 is 1.62 bits per heavy atom. The zero-order valence-electron chi connectivity index (χ0n) is 7.14. The van der Waals surface area contributed by atoms with Crippen molar-refractivity contribution in [2.24, 2.45) is 0 Å². The summed E-state index contributed by atoms with van der Waals surface area (Å²) < 4.78 is 2.32. The van der Waals surface area contributed by atoms with Crippen LogP contribution in [0.5, 0.6) is 0 Å². The van der Waals surface area contributed by atoms with Crippen LogP contribution in [0.4, 0.5) is 0 Å². The molecule has 0 unspecified atom stereocenters. The van der Waals surface area contributed by atoms with Gasteiger partial charge in [-0.3, -0.25) is 0 Å². The number of fused-ring (bicyclic) bond motifs is 1. The molecule has 66 valence electrons. The molecule has 2 aromatic rings. The minimum Gasteiger partial charge on any atom is -0.0605 e. The first-order valence-electron chi connectivity index (χ1n) is 4.03. The van der Waals surface area contributed by atoms with Crippen molar-refractivity contribution in [1.29, 1.82) is 0 Å². The van der Waals surface area contributed by atoms with E-state index in [0.717, 1.165) is 8.95 Å². The molecule has 0 saturated carbocycles. The largest absolute Gasteiger partial charge is 0.0605 e. The summed E-state index contributed by atoms with van der Waals surface area (Å²) in [6.45, 7) is 2.12. The van der Waals surface area contributed by atoms with Crippen molar-refractivity contribution in [1.82, 2.24) is 0 Å². The summed E-state index contributed by atoms with van der Waals surface area (Å²) in [5.74, 6) is 0. The second-order valence-corrected chi connectivity index (χ2v) is 4.72. The van der Waals surface area contributed by atoms with Gasteiger partial charge in [0.1, 0.15) is 0 Å². The van der Waals surface area contributed by atoms with E-state index in [4.69, 9.17) is 0 Å². The summed E-state index contributed by atoms with van der Waals surface area (Å²) in [4.78, 5) is 0. The van der Waals surface area contributed by atoms with Gasteiger partial charge in [0.15, 0.2) is 0 Å². The van der Waals surface area contributed by atoms with E-state index in [-0.39, 0.29) is 0 Å². The number of aryl methyl sites for hydroxylation is 1. The average molecular weight is 300 g/mol. The van der Waals surface area contributed by atoms with Crippen molar-refractivity contribution in [2.45, 2.75) is 6.92 Å². The molecule has 0 radical (unpaired) electrons. The van der Waals surface area contributed by atoms with Gasteiger partial charge in [0.2, 0.25) is 0 Å². The molecule has 0 aliphatic heterocycles. The van der Waals surface area contributed by atoms with Gasteiger partial charge in [-0.15, -0.1) is 0 Å². The molecule has 0 fully saturated rings. The summed E-state index contributed by atoms with van der Waals surface area (Å²) in [5, 5.41) is 2.56. The van der Waals surface area contributed by atoms with Crippen molar-refractivity contribution >= 4 is 42.6 Å². The maximum atomic E-state index is 3.54. The molecular formula is C11H8Br2. The Labute approximate surface area is 94.2 Å². The molecule has 0 nitrogen and oxygen atoms in total. The third-order valence-electron chi connectivity index (χ3n) is 2.21. The molecular weight excluding hydrogens is 292 g/mol. The Bertz CT molecular complexity index is 461. The van der Waals surface area contributed by atoms with Gasteiger partial charge in [-0.25, -0.2) is 0 Å². The highest BCUT2D eigenvalue weighted by Gasteiger charge is 2.02. The minimum atomic E-state index is 1.15. The van der Waals surface area contributed by atoms with E-state index in [1.54, 1.807) is 0 Å². The second-order valence-electron chi connectivity index (χ2n) is 3.01. The topological polar surface area (TPSA) is 0 Å². The van der Waals surface area contributed by atoms with E-state index in [0.29, 0.717) is 0 Å². The zero-order chi connectivity index (χ0) is 9.42. The van der Waals surface area contributed by atoms with Gasteiger partial charge in [-0.05, 0) is 35.4 Å². The normalized spacial score (nSPS) is 10.7. The molecule has 0 N–H and O–H groups in total. The SMILES string of the molecule is Cc1c(Br)ccc2c(Br)cccc12. The van der Waals surface area contributed by atoms with E-state index in [2.05, 4.69) is 69.1 Å². The lowest BCUT2D eigenvalue weighted by molar-refractivity contribution is 1.48. The van der Waals surface area contributed by atoms with E-state index >= 15 is 0 Å². The van der Waals surface area contributed by atoms with Gasteiger partial charge in [0, 0.05) is 8.95 Å². The monoisotopic (exact) mass is 298 g/mol. The summed E-state index contributed by atoms with van der Waals surface area (Å²) in [7, 11) is 0. The highest BCUT2D eigenvalue weighted by atomic mass is 79.9. The third kappa shape index (κ3) is 1.53. The standard InChI is InChI=1S/C11H8Br2/c1-7-8-3-2-4-11(13)9(8)5-6-10(7)12/h2-6H,1H3. The predicted molar refractivity (Wildman–Crippen MR) is 64.1 cm³/mol. The summed E-state index contributed by atoms with van der Waals surface area (Å²) in [5.41, 5.74) is 1.29. The molecule has 0 amide bonds.